The maximum absolute atomic E-state index is 11.4. The normalized spacial score (nSPS) is 28.5. The van der Waals surface area contributed by atoms with Crippen molar-refractivity contribution < 1.29 is 4.79 Å². The van der Waals surface area contributed by atoms with Gasteiger partial charge in [0.05, 0.1) is 6.54 Å². The summed E-state index contributed by atoms with van der Waals surface area (Å²) in [5.41, 5.74) is 0. The molecule has 0 radical (unpaired) electrons. The third-order valence-corrected chi connectivity index (χ3v) is 2.47. The van der Waals surface area contributed by atoms with Gasteiger partial charge in [-0.3, -0.25) is 9.69 Å². The van der Waals surface area contributed by atoms with Crippen LogP contribution >= 0.6 is 0 Å². The monoisotopic (exact) mass is 155 g/mol. The van der Waals surface area contributed by atoms with E-state index in [2.05, 4.69) is 11.8 Å². The van der Waals surface area contributed by atoms with Gasteiger partial charge in [-0.25, -0.2) is 0 Å². The van der Waals surface area contributed by atoms with Gasteiger partial charge in [0.1, 0.15) is 5.78 Å². The van der Waals surface area contributed by atoms with Crippen LogP contribution in [0.3, 0.4) is 0 Å². The lowest BCUT2D eigenvalue weighted by Crippen LogP contribution is -2.26. The highest BCUT2D eigenvalue weighted by Gasteiger charge is 2.20. The van der Waals surface area contributed by atoms with E-state index in [0.717, 1.165) is 19.4 Å². The molecule has 0 aliphatic carbocycles. The summed E-state index contributed by atoms with van der Waals surface area (Å²) < 4.78 is 0. The molecule has 1 atom stereocenters. The average Bonchev–Trinajstić information content (AvgIpc) is 2.11. The molecule has 0 bridgehead atoms. The van der Waals surface area contributed by atoms with Crippen LogP contribution in [0.1, 0.15) is 26.2 Å². The summed E-state index contributed by atoms with van der Waals surface area (Å²) in [6, 6.07) is 0. The number of hydrogen-bond donors (Lipinski definition) is 0. The predicted octanol–water partition coefficient (Wildman–Crippen LogP) is 1.31. The number of hydrogen-bond acceptors (Lipinski definition) is 2. The first-order chi connectivity index (χ1) is 5.24. The van der Waals surface area contributed by atoms with Crippen molar-refractivity contribution in [3.05, 3.63) is 0 Å². The fourth-order valence-electron chi connectivity index (χ4n) is 1.67. The molecule has 0 N–H and O–H groups in total. The maximum atomic E-state index is 11.4. The number of likely N-dealkylation sites (N-methyl/N-ethyl adjacent to an activating group) is 1. The van der Waals surface area contributed by atoms with Gasteiger partial charge in [-0.05, 0) is 32.9 Å². The minimum Gasteiger partial charge on any atom is -0.299 e. The first-order valence-corrected chi connectivity index (χ1v) is 4.45. The zero-order valence-corrected chi connectivity index (χ0v) is 7.47. The number of Topliss-reactive ketones (excluding diaryl/α,β-unsaturated/α-hetero) is 1. The number of nitrogens with zero attached hydrogens (tertiary/aromatic N) is 1. The Morgan fingerprint density at radius 1 is 1.64 bits per heavy atom. The van der Waals surface area contributed by atoms with Crippen LogP contribution in [-0.4, -0.2) is 30.8 Å². The lowest BCUT2D eigenvalue weighted by atomic mass is 9.97. The molecule has 1 rings (SSSR count). The zero-order chi connectivity index (χ0) is 8.27. The van der Waals surface area contributed by atoms with Crippen LogP contribution in [-0.2, 0) is 4.79 Å². The van der Waals surface area contributed by atoms with Crippen LogP contribution in [0.4, 0.5) is 0 Å². The first kappa shape index (κ1) is 8.72. The van der Waals surface area contributed by atoms with Crippen molar-refractivity contribution in [1.82, 2.24) is 4.90 Å². The second-order valence-electron chi connectivity index (χ2n) is 3.45. The fraction of sp³-hybridized carbons (Fsp3) is 0.889. The molecule has 1 aliphatic heterocycles. The third-order valence-electron chi connectivity index (χ3n) is 2.47. The number of ketones is 1. The van der Waals surface area contributed by atoms with Gasteiger partial charge in [-0.1, -0.05) is 6.92 Å². The van der Waals surface area contributed by atoms with Crippen molar-refractivity contribution in [1.29, 1.82) is 0 Å². The molecular formula is C9H17NO. The van der Waals surface area contributed by atoms with E-state index < -0.39 is 0 Å². The fourth-order valence-corrected chi connectivity index (χ4v) is 1.67. The highest BCUT2D eigenvalue weighted by Crippen LogP contribution is 2.16. The van der Waals surface area contributed by atoms with Crippen LogP contribution < -0.4 is 0 Å². The van der Waals surface area contributed by atoms with Crippen molar-refractivity contribution in [3.8, 4) is 0 Å². The van der Waals surface area contributed by atoms with Gasteiger partial charge in [-0.15, -0.1) is 0 Å². The standard InChI is InChI=1S/C9H17NO/c1-3-8-5-4-6-10(2)7-9(8)11/h8H,3-7H2,1-2H3. The Balaban J connectivity index is 2.50. The van der Waals surface area contributed by atoms with Gasteiger partial charge in [0.15, 0.2) is 0 Å². The van der Waals surface area contributed by atoms with Gasteiger partial charge in [-0.2, -0.15) is 0 Å². The Morgan fingerprint density at radius 2 is 2.36 bits per heavy atom. The molecule has 64 valence electrons. The van der Waals surface area contributed by atoms with E-state index in [4.69, 9.17) is 0 Å². The van der Waals surface area contributed by atoms with Crippen LogP contribution in [0, 0.1) is 5.92 Å². The molecule has 0 aromatic rings. The molecule has 0 aromatic carbocycles. The van der Waals surface area contributed by atoms with Crippen molar-refractivity contribution in [2.45, 2.75) is 26.2 Å². The van der Waals surface area contributed by atoms with Crippen LogP contribution in [0.2, 0.25) is 0 Å². The molecule has 1 aliphatic rings. The Kier molecular flexibility index (Phi) is 3.06. The van der Waals surface area contributed by atoms with Gasteiger partial charge in [0.25, 0.3) is 0 Å². The van der Waals surface area contributed by atoms with Crippen LogP contribution in [0.25, 0.3) is 0 Å². The number of likely N-dealkylation sites (tertiary alicyclic amines) is 1. The second-order valence-corrected chi connectivity index (χ2v) is 3.45. The van der Waals surface area contributed by atoms with Gasteiger partial charge in [0.2, 0.25) is 0 Å². The Morgan fingerprint density at radius 3 is 3.00 bits per heavy atom. The Labute approximate surface area is 68.6 Å². The first-order valence-electron chi connectivity index (χ1n) is 4.45. The summed E-state index contributed by atoms with van der Waals surface area (Å²) >= 11 is 0. The topological polar surface area (TPSA) is 20.3 Å². The van der Waals surface area contributed by atoms with E-state index in [1.165, 1.54) is 6.42 Å². The quantitative estimate of drug-likeness (QED) is 0.569. The van der Waals surface area contributed by atoms with Crippen molar-refractivity contribution >= 4 is 5.78 Å². The highest BCUT2D eigenvalue weighted by atomic mass is 16.1. The zero-order valence-electron chi connectivity index (χ0n) is 7.47. The van der Waals surface area contributed by atoms with Crippen molar-refractivity contribution in [2.75, 3.05) is 20.1 Å². The smallest absolute Gasteiger partial charge is 0.149 e. The van der Waals surface area contributed by atoms with Gasteiger partial charge < -0.3 is 0 Å². The molecular weight excluding hydrogens is 138 g/mol. The largest absolute Gasteiger partial charge is 0.299 e. The molecule has 2 nitrogen and oxygen atoms in total. The van der Waals surface area contributed by atoms with E-state index in [1.54, 1.807) is 0 Å². The van der Waals surface area contributed by atoms with Crippen LogP contribution in [0.5, 0.6) is 0 Å². The summed E-state index contributed by atoms with van der Waals surface area (Å²) in [6.45, 7) is 3.86. The molecule has 11 heavy (non-hydrogen) atoms. The minimum atomic E-state index is 0.347. The predicted molar refractivity (Wildman–Crippen MR) is 45.5 cm³/mol. The molecule has 0 spiro atoms. The van der Waals surface area contributed by atoms with E-state index in [0.29, 0.717) is 18.2 Å². The van der Waals surface area contributed by atoms with E-state index in [1.807, 2.05) is 7.05 Å². The lowest BCUT2D eigenvalue weighted by Gasteiger charge is -2.11. The van der Waals surface area contributed by atoms with Gasteiger partial charge in [0, 0.05) is 5.92 Å². The summed E-state index contributed by atoms with van der Waals surface area (Å²) in [6.07, 6.45) is 3.30. The molecule has 1 unspecified atom stereocenters. The number of carbonyl (C=O) groups is 1. The third kappa shape index (κ3) is 2.29. The summed E-state index contributed by atoms with van der Waals surface area (Å²) in [7, 11) is 2.02. The van der Waals surface area contributed by atoms with E-state index in [-0.39, 0.29) is 0 Å². The number of rotatable bonds is 1. The number of carbonyl (C=O) groups excluding carboxylic acids is 1. The summed E-state index contributed by atoms with van der Waals surface area (Å²) in [5, 5.41) is 0. The summed E-state index contributed by atoms with van der Waals surface area (Å²) in [4.78, 5) is 13.5. The summed E-state index contributed by atoms with van der Waals surface area (Å²) in [5.74, 6) is 0.785. The minimum absolute atomic E-state index is 0.347. The lowest BCUT2D eigenvalue weighted by molar-refractivity contribution is -0.123. The molecule has 0 saturated carbocycles. The Bertz CT molecular complexity index is 144. The maximum Gasteiger partial charge on any atom is 0.149 e. The molecule has 0 amide bonds. The average molecular weight is 155 g/mol. The molecule has 1 heterocycles. The van der Waals surface area contributed by atoms with Crippen molar-refractivity contribution in [3.63, 3.8) is 0 Å². The molecule has 1 saturated heterocycles. The Hall–Kier alpha value is -0.370. The van der Waals surface area contributed by atoms with Gasteiger partial charge >= 0.3 is 0 Å². The molecule has 2 heteroatoms. The SMILES string of the molecule is CCC1CCCN(C)CC1=O. The molecule has 1 fully saturated rings. The van der Waals surface area contributed by atoms with E-state index in [9.17, 15) is 4.79 Å². The highest BCUT2D eigenvalue weighted by molar-refractivity contribution is 5.83. The molecule has 0 aromatic heterocycles. The second kappa shape index (κ2) is 3.86. The van der Waals surface area contributed by atoms with E-state index >= 15 is 0 Å². The van der Waals surface area contributed by atoms with Crippen LogP contribution in [0.15, 0.2) is 0 Å². The van der Waals surface area contributed by atoms with Crippen molar-refractivity contribution in [2.24, 2.45) is 5.92 Å².